The molecule has 1 fully saturated rings. The molecule has 2 rings (SSSR count). The maximum Gasteiger partial charge on any atom is 0.311 e. The highest BCUT2D eigenvalue weighted by Crippen LogP contribution is 2.48. The second-order valence-electron chi connectivity index (χ2n) is 10.8. The zero-order chi connectivity index (χ0) is 25.1. The zero-order valence-corrected chi connectivity index (χ0v) is 20.5. The van der Waals surface area contributed by atoms with Crippen molar-refractivity contribution in [1.82, 2.24) is 0 Å². The van der Waals surface area contributed by atoms with Gasteiger partial charge in [-0.15, -0.1) is 0 Å². The van der Waals surface area contributed by atoms with Gasteiger partial charge in [0.25, 0.3) is 0 Å². The van der Waals surface area contributed by atoms with Crippen LogP contribution in [-0.4, -0.2) is 68.0 Å². The number of hydrogen-bond acceptors (Lipinski definition) is 7. The number of carboxylic acids is 1. The van der Waals surface area contributed by atoms with Crippen molar-refractivity contribution in [3.63, 3.8) is 0 Å². The highest BCUT2D eigenvalue weighted by Gasteiger charge is 2.49. The molecule has 8 heteroatoms. The fourth-order valence-electron chi connectivity index (χ4n) is 5.15. The Kier molecular flexibility index (Phi) is 9.50. The minimum Gasteiger partial charge on any atom is -0.481 e. The number of aliphatic hydroxyl groups is 4. The Morgan fingerprint density at radius 3 is 2.39 bits per heavy atom. The molecule has 0 unspecified atom stereocenters. The number of aliphatic hydroxyl groups excluding tert-OH is 4. The van der Waals surface area contributed by atoms with Crippen LogP contribution in [-0.2, 0) is 14.3 Å². The molecule has 0 aromatic rings. The van der Waals surface area contributed by atoms with Crippen LogP contribution in [0, 0.1) is 29.1 Å². The van der Waals surface area contributed by atoms with Gasteiger partial charge in [0.1, 0.15) is 6.10 Å². The van der Waals surface area contributed by atoms with Crippen molar-refractivity contribution in [2.45, 2.75) is 104 Å². The van der Waals surface area contributed by atoms with E-state index in [0.29, 0.717) is 31.3 Å². The average molecular weight is 471 g/mol. The molecule has 1 saturated carbocycles. The highest BCUT2D eigenvalue weighted by atomic mass is 16.5. The van der Waals surface area contributed by atoms with Gasteiger partial charge in [-0.05, 0) is 69.3 Å². The molecular formula is C25H42O8. The van der Waals surface area contributed by atoms with Crippen LogP contribution in [0.15, 0.2) is 11.6 Å². The Morgan fingerprint density at radius 2 is 1.82 bits per heavy atom. The van der Waals surface area contributed by atoms with Crippen LogP contribution in [0.1, 0.15) is 73.1 Å². The van der Waals surface area contributed by atoms with Crippen LogP contribution in [0.4, 0.5) is 0 Å². The van der Waals surface area contributed by atoms with Crippen molar-refractivity contribution in [2.24, 2.45) is 29.1 Å². The smallest absolute Gasteiger partial charge is 0.311 e. The number of fused-ring (bicyclic) bond motifs is 1. The summed E-state index contributed by atoms with van der Waals surface area (Å²) in [7, 11) is 0. The average Bonchev–Trinajstić information content (AvgIpc) is 2.71. The standard InChI is InChI=1S/C25H42O8/c1-6-25(4,5)24(32)33-20-9-13(2)23(31)18-12-19(28)14(3)17(22(18)20)8-7-15(26)10-16(27)11-21(29)30/h12-17,19-20,22-23,26-28,31H,6-11H2,1-5H3,(H,29,30)/t13-,14-,15-,16-,17+,19-,20+,22-,23+/m1/s1. The first kappa shape index (κ1) is 27.8. The van der Waals surface area contributed by atoms with E-state index >= 15 is 0 Å². The maximum absolute atomic E-state index is 12.9. The van der Waals surface area contributed by atoms with E-state index < -0.39 is 48.3 Å². The summed E-state index contributed by atoms with van der Waals surface area (Å²) in [6, 6.07) is 0. The molecule has 0 saturated heterocycles. The second-order valence-corrected chi connectivity index (χ2v) is 10.8. The third kappa shape index (κ3) is 6.78. The Labute approximate surface area is 196 Å². The van der Waals surface area contributed by atoms with Crippen molar-refractivity contribution in [3.05, 3.63) is 11.6 Å². The number of carboxylic acid groups (broad SMARTS) is 1. The third-order valence-electron chi connectivity index (χ3n) is 7.79. The van der Waals surface area contributed by atoms with Crippen LogP contribution in [0.5, 0.6) is 0 Å². The molecule has 5 N–H and O–H groups in total. The van der Waals surface area contributed by atoms with Gasteiger partial charge in [0.2, 0.25) is 0 Å². The summed E-state index contributed by atoms with van der Waals surface area (Å²) in [4.78, 5) is 23.7. The second kappa shape index (κ2) is 11.3. The first-order valence-electron chi connectivity index (χ1n) is 12.1. The van der Waals surface area contributed by atoms with Crippen LogP contribution in [0.3, 0.4) is 0 Å². The van der Waals surface area contributed by atoms with Gasteiger partial charge in [0.15, 0.2) is 0 Å². The van der Waals surface area contributed by atoms with Gasteiger partial charge in [-0.2, -0.15) is 0 Å². The molecule has 0 heterocycles. The molecular weight excluding hydrogens is 428 g/mol. The molecule has 0 amide bonds. The summed E-state index contributed by atoms with van der Waals surface area (Å²) in [6.45, 7) is 9.43. The first-order chi connectivity index (χ1) is 15.3. The summed E-state index contributed by atoms with van der Waals surface area (Å²) < 4.78 is 6.02. The van der Waals surface area contributed by atoms with E-state index in [1.165, 1.54) is 0 Å². The van der Waals surface area contributed by atoms with Gasteiger partial charge in [0.05, 0.1) is 36.3 Å². The van der Waals surface area contributed by atoms with Crippen LogP contribution < -0.4 is 0 Å². The first-order valence-corrected chi connectivity index (χ1v) is 12.1. The number of carbonyl (C=O) groups is 2. The van der Waals surface area contributed by atoms with E-state index in [-0.39, 0.29) is 36.1 Å². The lowest BCUT2D eigenvalue weighted by atomic mass is 9.61. The molecule has 2 aliphatic rings. The summed E-state index contributed by atoms with van der Waals surface area (Å²) in [5, 5.41) is 50.6. The number of rotatable bonds is 10. The monoisotopic (exact) mass is 470 g/mol. The molecule has 33 heavy (non-hydrogen) atoms. The Balaban J connectivity index is 2.23. The lowest BCUT2D eigenvalue weighted by Crippen LogP contribution is -2.51. The Hall–Kier alpha value is -1.48. The maximum atomic E-state index is 12.9. The predicted octanol–water partition coefficient (Wildman–Crippen LogP) is 2.27. The van der Waals surface area contributed by atoms with Gasteiger partial charge >= 0.3 is 11.9 Å². The van der Waals surface area contributed by atoms with Crippen molar-refractivity contribution in [3.8, 4) is 0 Å². The number of esters is 1. The molecule has 0 aromatic heterocycles. The number of hydrogen-bond donors (Lipinski definition) is 5. The minimum absolute atomic E-state index is 0.0495. The van der Waals surface area contributed by atoms with Crippen molar-refractivity contribution in [2.75, 3.05) is 0 Å². The SMILES string of the molecule is CCC(C)(C)C(=O)O[C@H]1C[C@@H](C)[C@H](O)C2=C[C@@H](O)[C@H](C)[C@H](CC[C@@H](O)C[C@@H](O)CC(=O)O)[C@H]21. The number of aliphatic carboxylic acids is 1. The van der Waals surface area contributed by atoms with Gasteiger partial charge in [0, 0.05) is 5.92 Å². The lowest BCUT2D eigenvalue weighted by Gasteiger charge is -2.49. The summed E-state index contributed by atoms with van der Waals surface area (Å²) >= 11 is 0. The quantitative estimate of drug-likeness (QED) is 0.242. The summed E-state index contributed by atoms with van der Waals surface area (Å²) in [5.41, 5.74) is 0.0615. The molecule has 0 radical (unpaired) electrons. The van der Waals surface area contributed by atoms with Crippen LogP contribution in [0.2, 0.25) is 0 Å². The van der Waals surface area contributed by atoms with Gasteiger partial charge in [-0.1, -0.05) is 26.8 Å². The van der Waals surface area contributed by atoms with E-state index in [1.807, 2.05) is 34.6 Å². The molecule has 8 nitrogen and oxygen atoms in total. The highest BCUT2D eigenvalue weighted by molar-refractivity contribution is 5.76. The van der Waals surface area contributed by atoms with Gasteiger partial charge in [-0.25, -0.2) is 0 Å². The molecule has 0 bridgehead atoms. The largest absolute Gasteiger partial charge is 0.481 e. The van der Waals surface area contributed by atoms with Crippen molar-refractivity contribution in [1.29, 1.82) is 0 Å². The summed E-state index contributed by atoms with van der Waals surface area (Å²) in [5.74, 6) is -2.16. The van der Waals surface area contributed by atoms with Gasteiger partial charge in [-0.3, -0.25) is 9.59 Å². The molecule has 0 spiro atoms. The normalized spacial score (nSPS) is 34.1. The fraction of sp³-hybridized carbons (Fsp3) is 0.840. The fourth-order valence-corrected chi connectivity index (χ4v) is 5.15. The van der Waals surface area contributed by atoms with E-state index in [0.717, 1.165) is 0 Å². The molecule has 9 atom stereocenters. The number of ether oxygens (including phenoxy) is 1. The predicted molar refractivity (Wildman–Crippen MR) is 122 cm³/mol. The van der Waals surface area contributed by atoms with Gasteiger partial charge < -0.3 is 30.3 Å². The van der Waals surface area contributed by atoms with E-state index in [9.17, 15) is 30.0 Å². The Morgan fingerprint density at radius 1 is 1.18 bits per heavy atom. The van der Waals surface area contributed by atoms with Crippen molar-refractivity contribution >= 4 is 11.9 Å². The molecule has 0 aromatic carbocycles. The Bertz CT molecular complexity index is 717. The van der Waals surface area contributed by atoms with E-state index in [1.54, 1.807) is 6.08 Å². The lowest BCUT2D eigenvalue weighted by molar-refractivity contribution is -0.168. The van der Waals surface area contributed by atoms with Crippen LogP contribution in [0.25, 0.3) is 0 Å². The molecule has 190 valence electrons. The topological polar surface area (TPSA) is 145 Å². The van der Waals surface area contributed by atoms with Crippen LogP contribution >= 0.6 is 0 Å². The molecule has 2 aliphatic carbocycles. The van der Waals surface area contributed by atoms with Crippen molar-refractivity contribution < 1.29 is 39.9 Å². The minimum atomic E-state index is -1.13. The number of carbonyl (C=O) groups excluding carboxylic acids is 1. The molecule has 0 aliphatic heterocycles. The third-order valence-corrected chi connectivity index (χ3v) is 7.79. The van der Waals surface area contributed by atoms with E-state index in [2.05, 4.69) is 0 Å². The zero-order valence-electron chi connectivity index (χ0n) is 20.5. The summed E-state index contributed by atoms with van der Waals surface area (Å²) in [6.07, 6.45) is -0.838. The van der Waals surface area contributed by atoms with E-state index in [4.69, 9.17) is 9.84 Å².